The van der Waals surface area contributed by atoms with Crippen LogP contribution in [-0.4, -0.2) is 6.54 Å². The molecule has 1 heterocycles. The van der Waals surface area contributed by atoms with Gasteiger partial charge in [-0.2, -0.15) is 0 Å². The molecule has 0 aliphatic carbocycles. The molecule has 0 spiro atoms. The average molecular weight is 183 g/mol. The topological polar surface area (TPSA) is 38.0 Å². The maximum atomic E-state index is 5.89. The molecule has 0 saturated carbocycles. The summed E-state index contributed by atoms with van der Waals surface area (Å²) in [6.07, 6.45) is 2.27. The lowest BCUT2D eigenvalue weighted by Gasteiger charge is -2.18. The molecular weight excluding hydrogens is 172 g/mol. The second-order valence-corrected chi connectivity index (χ2v) is 3.47. The highest BCUT2D eigenvalue weighted by Crippen LogP contribution is 2.29. The Balaban J connectivity index is 2.49. The lowest BCUT2D eigenvalue weighted by molar-refractivity contribution is 0.830. The van der Waals surface area contributed by atoms with Gasteiger partial charge in [-0.25, -0.2) is 0 Å². The Morgan fingerprint density at radius 3 is 3.08 bits per heavy atom. The summed E-state index contributed by atoms with van der Waals surface area (Å²) in [7, 11) is 0. The van der Waals surface area contributed by atoms with Gasteiger partial charge in [-0.3, -0.25) is 0 Å². The number of aryl methyl sites for hydroxylation is 1. The van der Waals surface area contributed by atoms with Crippen LogP contribution in [-0.2, 0) is 6.42 Å². The minimum Gasteiger partial charge on any atom is -0.397 e. The van der Waals surface area contributed by atoms with Gasteiger partial charge in [0, 0.05) is 12.2 Å². The second-order valence-electron chi connectivity index (χ2n) is 3.06. The van der Waals surface area contributed by atoms with Crippen molar-refractivity contribution in [2.45, 2.75) is 12.8 Å². The van der Waals surface area contributed by atoms with Crippen molar-refractivity contribution in [3.63, 3.8) is 0 Å². The quantitative estimate of drug-likeness (QED) is 0.605. The molecule has 64 valence electrons. The largest absolute Gasteiger partial charge is 0.397 e. The Hall–Kier alpha value is -0.890. The number of hydrogen-bond donors (Lipinski definition) is 2. The van der Waals surface area contributed by atoms with Gasteiger partial charge in [0.2, 0.25) is 0 Å². The van der Waals surface area contributed by atoms with Crippen molar-refractivity contribution >= 4 is 23.0 Å². The van der Waals surface area contributed by atoms with Crippen LogP contribution in [0.25, 0.3) is 0 Å². The Labute approximate surface area is 76.7 Å². The van der Waals surface area contributed by atoms with Crippen LogP contribution < -0.4 is 11.1 Å². The van der Waals surface area contributed by atoms with Crippen molar-refractivity contribution in [1.82, 2.24) is 0 Å². The first-order valence-electron chi connectivity index (χ1n) is 4.09. The number of rotatable bonds is 0. The van der Waals surface area contributed by atoms with E-state index in [4.69, 9.17) is 17.3 Å². The van der Waals surface area contributed by atoms with Crippen LogP contribution in [0.1, 0.15) is 12.0 Å². The van der Waals surface area contributed by atoms with Crippen molar-refractivity contribution in [3.8, 4) is 0 Å². The van der Waals surface area contributed by atoms with Crippen LogP contribution in [0.2, 0.25) is 5.02 Å². The molecule has 1 aromatic rings. The fourth-order valence-electron chi connectivity index (χ4n) is 1.50. The van der Waals surface area contributed by atoms with Gasteiger partial charge >= 0.3 is 0 Å². The van der Waals surface area contributed by atoms with E-state index in [1.807, 2.05) is 12.1 Å². The molecule has 1 aromatic carbocycles. The van der Waals surface area contributed by atoms with E-state index >= 15 is 0 Å². The number of anilines is 2. The minimum atomic E-state index is 0.657. The molecule has 0 atom stereocenters. The van der Waals surface area contributed by atoms with Gasteiger partial charge in [0.1, 0.15) is 0 Å². The number of fused-ring (bicyclic) bond motifs is 1. The van der Waals surface area contributed by atoms with Gasteiger partial charge in [0.25, 0.3) is 0 Å². The first kappa shape index (κ1) is 7.74. The van der Waals surface area contributed by atoms with Crippen LogP contribution >= 0.6 is 11.6 Å². The van der Waals surface area contributed by atoms with Gasteiger partial charge in [-0.05, 0) is 30.5 Å². The molecule has 0 unspecified atom stereocenters. The molecule has 1 aliphatic rings. The SMILES string of the molecule is Nc1cc2c(cc1Cl)CCCN2. The van der Waals surface area contributed by atoms with Gasteiger partial charge in [-0.15, -0.1) is 0 Å². The maximum Gasteiger partial charge on any atom is 0.0639 e. The predicted octanol–water partition coefficient (Wildman–Crippen LogP) is 2.28. The van der Waals surface area contributed by atoms with Crippen LogP contribution in [0.3, 0.4) is 0 Å². The lowest BCUT2D eigenvalue weighted by atomic mass is 10.0. The normalized spacial score (nSPS) is 15.1. The first-order chi connectivity index (χ1) is 5.77. The molecule has 0 amide bonds. The van der Waals surface area contributed by atoms with E-state index in [0.29, 0.717) is 10.7 Å². The third-order valence-electron chi connectivity index (χ3n) is 2.16. The van der Waals surface area contributed by atoms with Gasteiger partial charge < -0.3 is 11.1 Å². The highest BCUT2D eigenvalue weighted by molar-refractivity contribution is 6.33. The van der Waals surface area contributed by atoms with Crippen LogP contribution in [0.4, 0.5) is 11.4 Å². The standard InChI is InChI=1S/C9H11ClN2/c10-7-4-6-2-1-3-12-9(6)5-8(7)11/h4-5,12H,1-3,11H2. The summed E-state index contributed by atoms with van der Waals surface area (Å²) in [5.41, 5.74) is 8.75. The molecule has 12 heavy (non-hydrogen) atoms. The number of nitrogens with two attached hydrogens (primary N) is 1. The maximum absolute atomic E-state index is 5.89. The molecule has 0 radical (unpaired) electrons. The Kier molecular flexibility index (Phi) is 1.85. The van der Waals surface area contributed by atoms with E-state index in [0.717, 1.165) is 18.7 Å². The van der Waals surface area contributed by atoms with Crippen molar-refractivity contribution < 1.29 is 0 Å². The van der Waals surface area contributed by atoms with E-state index in [1.54, 1.807) is 0 Å². The molecule has 0 fully saturated rings. The van der Waals surface area contributed by atoms with Gasteiger partial charge in [-0.1, -0.05) is 11.6 Å². The third-order valence-corrected chi connectivity index (χ3v) is 2.49. The zero-order chi connectivity index (χ0) is 8.55. The Bertz CT molecular complexity index is 279. The third kappa shape index (κ3) is 1.23. The first-order valence-corrected chi connectivity index (χ1v) is 4.47. The van der Waals surface area contributed by atoms with E-state index in [9.17, 15) is 0 Å². The molecule has 3 N–H and O–H groups in total. The highest BCUT2D eigenvalue weighted by atomic mass is 35.5. The molecule has 3 heteroatoms. The molecule has 0 aromatic heterocycles. The van der Waals surface area contributed by atoms with Gasteiger partial charge in [0.05, 0.1) is 10.7 Å². The smallest absolute Gasteiger partial charge is 0.0639 e. The number of hydrogen-bond acceptors (Lipinski definition) is 2. The molecular formula is C9H11ClN2. The molecule has 2 nitrogen and oxygen atoms in total. The van der Waals surface area contributed by atoms with Crippen LogP contribution in [0.15, 0.2) is 12.1 Å². The minimum absolute atomic E-state index is 0.657. The van der Waals surface area contributed by atoms with Crippen molar-refractivity contribution in [1.29, 1.82) is 0 Å². The lowest BCUT2D eigenvalue weighted by Crippen LogP contribution is -2.11. The molecule has 1 aliphatic heterocycles. The van der Waals surface area contributed by atoms with E-state index in [2.05, 4.69) is 5.32 Å². The zero-order valence-electron chi connectivity index (χ0n) is 6.73. The van der Waals surface area contributed by atoms with E-state index < -0.39 is 0 Å². The summed E-state index contributed by atoms with van der Waals surface area (Å²) in [4.78, 5) is 0. The number of nitrogens with one attached hydrogen (secondary N) is 1. The fourth-order valence-corrected chi connectivity index (χ4v) is 1.69. The summed E-state index contributed by atoms with van der Waals surface area (Å²) in [6.45, 7) is 1.04. The number of halogens is 1. The molecule has 0 bridgehead atoms. The van der Waals surface area contributed by atoms with Crippen molar-refractivity contribution in [2.24, 2.45) is 0 Å². The Morgan fingerprint density at radius 1 is 1.42 bits per heavy atom. The monoisotopic (exact) mass is 182 g/mol. The summed E-state index contributed by atoms with van der Waals surface area (Å²) in [5.74, 6) is 0. The Morgan fingerprint density at radius 2 is 2.25 bits per heavy atom. The van der Waals surface area contributed by atoms with E-state index in [1.165, 1.54) is 12.0 Å². The molecule has 0 saturated heterocycles. The number of nitrogen functional groups attached to an aromatic ring is 1. The highest BCUT2D eigenvalue weighted by Gasteiger charge is 2.10. The second kappa shape index (κ2) is 2.87. The van der Waals surface area contributed by atoms with Crippen LogP contribution in [0, 0.1) is 0 Å². The average Bonchev–Trinajstić information content (AvgIpc) is 2.07. The van der Waals surface area contributed by atoms with Gasteiger partial charge in [0.15, 0.2) is 0 Å². The molecule has 2 rings (SSSR count). The summed E-state index contributed by atoms with van der Waals surface area (Å²) in [5, 5.41) is 3.96. The summed E-state index contributed by atoms with van der Waals surface area (Å²) < 4.78 is 0. The zero-order valence-corrected chi connectivity index (χ0v) is 7.49. The van der Waals surface area contributed by atoms with Crippen molar-refractivity contribution in [2.75, 3.05) is 17.6 Å². The van der Waals surface area contributed by atoms with Crippen molar-refractivity contribution in [3.05, 3.63) is 22.7 Å². The fraction of sp³-hybridized carbons (Fsp3) is 0.333. The number of benzene rings is 1. The summed E-state index contributed by atoms with van der Waals surface area (Å²) >= 11 is 5.89. The predicted molar refractivity (Wildman–Crippen MR) is 52.7 cm³/mol. The van der Waals surface area contributed by atoms with E-state index in [-0.39, 0.29) is 0 Å². The summed E-state index contributed by atoms with van der Waals surface area (Å²) in [6, 6.07) is 3.87. The van der Waals surface area contributed by atoms with Crippen LogP contribution in [0.5, 0.6) is 0 Å².